The van der Waals surface area contributed by atoms with Crippen molar-refractivity contribution in [3.63, 3.8) is 0 Å². The Morgan fingerprint density at radius 3 is 2.45 bits per heavy atom. The summed E-state index contributed by atoms with van der Waals surface area (Å²) in [6, 6.07) is 26.5. The Morgan fingerprint density at radius 1 is 0.750 bits per heavy atom. The first-order valence-electron chi connectivity index (χ1n) is 16.7. The van der Waals surface area contributed by atoms with Gasteiger partial charge in [0.2, 0.25) is 5.95 Å². The lowest BCUT2D eigenvalue weighted by molar-refractivity contribution is 0.970. The molecule has 0 saturated carbocycles. The second-order valence-corrected chi connectivity index (χ2v) is 10.9. The van der Waals surface area contributed by atoms with Gasteiger partial charge in [-0.2, -0.15) is 0 Å². The quantitative estimate of drug-likeness (QED) is 0.220. The molecule has 0 bridgehead atoms. The Labute approximate surface area is 244 Å². The summed E-state index contributed by atoms with van der Waals surface area (Å²) < 4.78 is 64.9. The normalized spacial score (nSPS) is 19.9. The number of thiophene rings is 1. The first kappa shape index (κ1) is 16.3. The second kappa shape index (κ2) is 8.35. The van der Waals surface area contributed by atoms with E-state index in [4.69, 9.17) is 16.8 Å². The summed E-state index contributed by atoms with van der Waals surface area (Å²) in [6.07, 6.45) is -2.68. The molecule has 9 rings (SSSR count). The van der Waals surface area contributed by atoms with Crippen molar-refractivity contribution in [3.8, 4) is 5.95 Å². The molecular weight excluding hydrogens is 506 g/mol. The number of benzene rings is 5. The smallest absolute Gasteiger partial charge is 0.235 e. The highest BCUT2D eigenvalue weighted by Gasteiger charge is 2.22. The van der Waals surface area contributed by atoms with Crippen molar-refractivity contribution in [1.82, 2.24) is 14.5 Å². The zero-order valence-corrected chi connectivity index (χ0v) is 21.8. The van der Waals surface area contributed by atoms with Gasteiger partial charge in [0.05, 0.1) is 33.8 Å². The Morgan fingerprint density at radius 2 is 1.52 bits per heavy atom. The van der Waals surface area contributed by atoms with E-state index in [1.54, 1.807) is 0 Å². The van der Waals surface area contributed by atoms with Gasteiger partial charge in [0, 0.05) is 23.6 Å². The van der Waals surface area contributed by atoms with E-state index in [0.717, 1.165) is 42.7 Å². The molecule has 2 atom stereocenters. The molecule has 1 aliphatic rings. The zero-order chi connectivity index (χ0) is 32.3. The monoisotopic (exact) mass is 536 g/mol. The van der Waals surface area contributed by atoms with Gasteiger partial charge in [0.15, 0.2) is 0 Å². The van der Waals surface area contributed by atoms with Crippen molar-refractivity contribution in [2.45, 2.75) is 12.8 Å². The first-order valence-corrected chi connectivity index (χ1v) is 13.8. The molecule has 0 aliphatic heterocycles. The van der Waals surface area contributed by atoms with Gasteiger partial charge in [-0.15, -0.1) is 11.3 Å². The minimum atomic E-state index is -1.35. The van der Waals surface area contributed by atoms with Crippen molar-refractivity contribution in [1.29, 1.82) is 0 Å². The molecule has 4 heteroatoms. The number of allylic oxidation sites excluding steroid dienone is 1. The van der Waals surface area contributed by atoms with Gasteiger partial charge >= 0.3 is 0 Å². The van der Waals surface area contributed by atoms with Crippen LogP contribution in [0.5, 0.6) is 0 Å². The number of nitrogens with zero attached hydrogens (tertiary/aromatic N) is 3. The third kappa shape index (κ3) is 3.17. The van der Waals surface area contributed by atoms with Crippen molar-refractivity contribution in [2.75, 3.05) is 0 Å². The predicted octanol–water partition coefficient (Wildman–Crippen LogP) is 9.58. The minimum Gasteiger partial charge on any atom is -0.278 e. The van der Waals surface area contributed by atoms with Crippen LogP contribution < -0.4 is 0 Å². The zero-order valence-electron chi connectivity index (χ0n) is 28.0. The lowest BCUT2D eigenvalue weighted by atomic mass is 9.90. The Bertz CT molecular complexity index is 2690. The van der Waals surface area contributed by atoms with Crippen molar-refractivity contribution < 1.29 is 9.60 Å². The molecule has 8 aromatic rings. The summed E-state index contributed by atoms with van der Waals surface area (Å²) in [5.41, 5.74) is 2.86. The van der Waals surface area contributed by atoms with Gasteiger partial charge in [-0.3, -0.25) is 4.57 Å². The van der Waals surface area contributed by atoms with E-state index in [1.165, 1.54) is 11.3 Å². The van der Waals surface area contributed by atoms with Gasteiger partial charge in [0.25, 0.3) is 0 Å². The molecule has 0 fully saturated rings. The van der Waals surface area contributed by atoms with Crippen molar-refractivity contribution >= 4 is 75.8 Å². The maximum Gasteiger partial charge on any atom is 0.235 e. The first-order chi connectivity index (χ1) is 22.7. The van der Waals surface area contributed by atoms with Gasteiger partial charge in [-0.05, 0) is 70.6 Å². The maximum absolute atomic E-state index is 9.35. The average Bonchev–Trinajstić information content (AvgIpc) is 3.62. The summed E-state index contributed by atoms with van der Waals surface area (Å²) >= 11 is 1.45. The largest absolute Gasteiger partial charge is 0.278 e. The molecule has 0 spiro atoms. The lowest BCUT2D eigenvalue weighted by Gasteiger charge is -2.17. The van der Waals surface area contributed by atoms with Gasteiger partial charge in [-0.1, -0.05) is 84.8 Å². The fraction of sp³-hybridized carbons (Fsp3) is 0.0556. The second-order valence-electron chi connectivity index (χ2n) is 9.88. The number of fused-ring (bicyclic) bond motifs is 8. The summed E-state index contributed by atoms with van der Waals surface area (Å²) in [7, 11) is 0. The highest BCUT2D eigenvalue weighted by molar-refractivity contribution is 7.26. The van der Waals surface area contributed by atoms with Crippen LogP contribution in [0.15, 0.2) is 109 Å². The molecule has 1 aliphatic carbocycles. The van der Waals surface area contributed by atoms with Crippen LogP contribution in [0.4, 0.5) is 0 Å². The van der Waals surface area contributed by atoms with Crippen LogP contribution in [-0.2, 0) is 6.40 Å². The summed E-state index contributed by atoms with van der Waals surface area (Å²) in [6.45, 7) is 0. The number of para-hydroxylation sites is 1. The highest BCUT2D eigenvalue weighted by Crippen LogP contribution is 2.41. The molecule has 188 valence electrons. The molecule has 5 aromatic carbocycles. The molecule has 0 N–H and O–H groups in total. The number of hydrogen-bond acceptors (Lipinski definition) is 3. The van der Waals surface area contributed by atoms with E-state index >= 15 is 0 Å². The number of rotatable bonds is 2. The number of hydrogen-bond donors (Lipinski definition) is 0. The van der Waals surface area contributed by atoms with E-state index in [1.807, 2.05) is 59.2 Å². The molecule has 2 unspecified atom stereocenters. The van der Waals surface area contributed by atoms with Gasteiger partial charge in [0.1, 0.15) is 0 Å². The Kier molecular flexibility index (Phi) is 3.41. The van der Waals surface area contributed by atoms with Crippen molar-refractivity contribution in [2.24, 2.45) is 0 Å². The van der Waals surface area contributed by atoms with E-state index in [2.05, 4.69) is 30.3 Å². The molecule has 0 amide bonds. The van der Waals surface area contributed by atoms with Crippen molar-refractivity contribution in [3.05, 3.63) is 126 Å². The maximum atomic E-state index is 9.35. The Hall–Kier alpha value is -4.80. The fourth-order valence-corrected chi connectivity index (χ4v) is 6.90. The van der Waals surface area contributed by atoms with Gasteiger partial charge in [-0.25, -0.2) is 9.97 Å². The van der Waals surface area contributed by atoms with Crippen LogP contribution in [0.3, 0.4) is 0 Å². The van der Waals surface area contributed by atoms with E-state index in [-0.39, 0.29) is 34.8 Å². The van der Waals surface area contributed by atoms with Crippen LogP contribution in [-0.4, -0.2) is 14.5 Å². The van der Waals surface area contributed by atoms with E-state index < -0.39 is 24.9 Å². The summed E-state index contributed by atoms with van der Waals surface area (Å²) in [5.74, 6) is 0.354. The molecular formula is C36H23N3S. The van der Waals surface area contributed by atoms with Crippen LogP contribution in [0, 0.1) is 0 Å². The standard InChI is InChI=1S/C36H23N3S/c1-2-10-23-19-26(18-17-22(23)9-1)33-35-34(28-14-6-8-16-32(28)40-35)38-36(37-33)39-30-15-7-5-13-27(30)29-20-24-11-3-4-12-25(24)21-31(29)39/h1-16,19-21H,17-18H2/i1D,2D,9D,10D,17D,18D,19D. The number of aromatic nitrogens is 3. The molecule has 3 heterocycles. The Balaban J connectivity index is 1.44. The summed E-state index contributed by atoms with van der Waals surface area (Å²) in [4.78, 5) is 10.3. The van der Waals surface area contributed by atoms with Crippen LogP contribution >= 0.6 is 11.3 Å². The predicted molar refractivity (Wildman–Crippen MR) is 169 cm³/mol. The molecule has 40 heavy (non-hydrogen) atoms. The van der Waals surface area contributed by atoms with E-state index in [9.17, 15) is 2.74 Å². The third-order valence-corrected chi connectivity index (χ3v) is 8.76. The third-order valence-electron chi connectivity index (χ3n) is 7.60. The summed E-state index contributed by atoms with van der Waals surface area (Å²) in [5, 5.41) is 5.13. The fourth-order valence-electron chi connectivity index (χ4n) is 5.76. The average molecular weight is 537 g/mol. The molecule has 0 radical (unpaired) electrons. The van der Waals surface area contributed by atoms with Crippen LogP contribution in [0.25, 0.3) is 70.5 Å². The highest BCUT2D eigenvalue weighted by atomic mass is 32.1. The molecule has 3 aromatic heterocycles. The van der Waals surface area contributed by atoms with E-state index in [0.29, 0.717) is 21.9 Å². The SMILES string of the molecule is [2H]C1=C(c2nc(-n3c4ccccc4c4cc5ccccc5cc43)nc3c2sc2ccccc23)C([2H])C([2H])c2c([2H])c([2H])c([2H])c([2H])c21. The lowest BCUT2D eigenvalue weighted by Crippen LogP contribution is -2.06. The molecule has 0 saturated heterocycles. The van der Waals surface area contributed by atoms with Crippen LogP contribution in [0.1, 0.15) is 32.8 Å². The topological polar surface area (TPSA) is 30.7 Å². The van der Waals surface area contributed by atoms with Gasteiger partial charge < -0.3 is 0 Å². The molecule has 3 nitrogen and oxygen atoms in total. The van der Waals surface area contributed by atoms with Crippen LogP contribution in [0.2, 0.25) is 0 Å². The minimum absolute atomic E-state index is 0.0270.